The molecule has 3 rings (SSSR count). The Morgan fingerprint density at radius 1 is 1.38 bits per heavy atom. The molecule has 5 nitrogen and oxygen atoms in total. The highest BCUT2D eigenvalue weighted by Crippen LogP contribution is 2.45. The predicted octanol–water partition coefficient (Wildman–Crippen LogP) is 1.41. The minimum Gasteiger partial charge on any atom is -0.491 e. The summed E-state index contributed by atoms with van der Waals surface area (Å²) >= 11 is 0. The number of halogens is 2. The minimum atomic E-state index is -1.86. The maximum atomic E-state index is 14.2. The molecule has 2 heterocycles. The normalized spacial score (nSPS) is 41.7. The van der Waals surface area contributed by atoms with Crippen LogP contribution < -0.4 is 0 Å². The molecule has 114 valence electrons. The zero-order valence-electron chi connectivity index (χ0n) is 11.5. The molecule has 6 unspecified atom stereocenters. The van der Waals surface area contributed by atoms with E-state index in [1.807, 2.05) is 0 Å². The fraction of sp³-hybridized carbons (Fsp3) is 0.571. The van der Waals surface area contributed by atoms with Crippen molar-refractivity contribution in [3.8, 4) is 0 Å². The van der Waals surface area contributed by atoms with E-state index in [9.17, 15) is 18.4 Å². The van der Waals surface area contributed by atoms with Crippen molar-refractivity contribution in [1.82, 2.24) is 4.90 Å². The lowest BCUT2D eigenvalue weighted by Crippen LogP contribution is -2.65. The fourth-order valence-electron chi connectivity index (χ4n) is 3.46. The fourth-order valence-corrected chi connectivity index (χ4v) is 3.46. The number of rotatable bonds is 1. The largest absolute Gasteiger partial charge is 0.491 e. The molecule has 6 atom stereocenters. The van der Waals surface area contributed by atoms with Crippen molar-refractivity contribution < 1.29 is 28.2 Å². The van der Waals surface area contributed by atoms with Crippen LogP contribution in [0.3, 0.4) is 0 Å². The third kappa shape index (κ3) is 1.79. The summed E-state index contributed by atoms with van der Waals surface area (Å²) in [7, 11) is 0. The quantitative estimate of drug-likeness (QED) is 0.742. The van der Waals surface area contributed by atoms with Crippen LogP contribution in [-0.4, -0.2) is 46.2 Å². The Kier molecular flexibility index (Phi) is 3.04. The lowest BCUT2D eigenvalue weighted by atomic mass is 9.67. The van der Waals surface area contributed by atoms with E-state index >= 15 is 0 Å². The summed E-state index contributed by atoms with van der Waals surface area (Å²) in [5.41, 5.74) is 0.158. The lowest BCUT2D eigenvalue weighted by Gasteiger charge is -2.52. The minimum absolute atomic E-state index is 0.402. The number of carboxylic acids is 1. The molecule has 0 aromatic rings. The number of nitrogens with zero attached hydrogens (tertiary/aromatic N) is 1. The number of carbonyl (C=O) groups is 2. The molecule has 0 aromatic carbocycles. The molecule has 7 heteroatoms. The maximum absolute atomic E-state index is 14.2. The van der Waals surface area contributed by atoms with Gasteiger partial charge in [0, 0.05) is 17.8 Å². The number of carboxylic acid groups (broad SMARTS) is 1. The smallest absolute Gasteiger partial charge is 0.340 e. The molecule has 1 N–H and O–H groups in total. The second kappa shape index (κ2) is 4.54. The molecule has 0 saturated heterocycles. The van der Waals surface area contributed by atoms with Gasteiger partial charge in [0.25, 0.3) is 0 Å². The van der Waals surface area contributed by atoms with Gasteiger partial charge in [-0.2, -0.15) is 0 Å². The molecule has 1 saturated carbocycles. The number of allylic oxidation sites excluding steroid dienone is 1. The van der Waals surface area contributed by atoms with Crippen LogP contribution >= 0.6 is 0 Å². The van der Waals surface area contributed by atoms with Gasteiger partial charge in [-0.1, -0.05) is 6.92 Å². The van der Waals surface area contributed by atoms with Crippen LogP contribution in [0.2, 0.25) is 0 Å². The van der Waals surface area contributed by atoms with Crippen LogP contribution in [0, 0.1) is 11.8 Å². The summed E-state index contributed by atoms with van der Waals surface area (Å²) in [5, 5.41) is 9.15. The molecule has 3 aliphatic rings. The van der Waals surface area contributed by atoms with Crippen LogP contribution in [0.1, 0.15) is 13.8 Å². The average Bonchev–Trinajstić information content (AvgIpc) is 2.43. The molecule has 0 radical (unpaired) electrons. The van der Waals surface area contributed by atoms with Gasteiger partial charge in [-0.15, -0.1) is 0 Å². The van der Waals surface area contributed by atoms with Crippen molar-refractivity contribution in [2.75, 3.05) is 0 Å². The predicted molar refractivity (Wildman–Crippen MR) is 67.4 cm³/mol. The van der Waals surface area contributed by atoms with Gasteiger partial charge in [-0.05, 0) is 6.92 Å². The van der Waals surface area contributed by atoms with E-state index in [0.29, 0.717) is 5.70 Å². The third-order valence-corrected chi connectivity index (χ3v) is 4.58. The molecule has 21 heavy (non-hydrogen) atoms. The van der Waals surface area contributed by atoms with E-state index in [1.165, 1.54) is 24.3 Å². The van der Waals surface area contributed by atoms with Gasteiger partial charge in [0.15, 0.2) is 18.1 Å². The van der Waals surface area contributed by atoms with E-state index in [-0.39, 0.29) is 0 Å². The van der Waals surface area contributed by atoms with Gasteiger partial charge in [-0.25, -0.2) is 13.6 Å². The highest BCUT2D eigenvalue weighted by Gasteiger charge is 2.59. The second-order valence-corrected chi connectivity index (χ2v) is 5.74. The van der Waals surface area contributed by atoms with Crippen molar-refractivity contribution >= 4 is 11.8 Å². The highest BCUT2D eigenvalue weighted by atomic mass is 19.2. The summed E-state index contributed by atoms with van der Waals surface area (Å²) in [6, 6.07) is -0.706. The molecule has 0 spiro atoms. The number of ether oxygens (including phenoxy) is 1. The number of aliphatic carboxylic acids is 1. The molecular formula is C14H15F2NO4. The molecule has 1 aliphatic carbocycles. The van der Waals surface area contributed by atoms with Gasteiger partial charge in [0.1, 0.15) is 18.0 Å². The summed E-state index contributed by atoms with van der Waals surface area (Å²) in [6.07, 6.45) is -2.34. The summed E-state index contributed by atoms with van der Waals surface area (Å²) in [6.45, 7) is 3.10. The molecule has 0 bridgehead atoms. The molecule has 0 amide bonds. The molecule has 1 fully saturated rings. The van der Waals surface area contributed by atoms with Gasteiger partial charge < -0.3 is 14.7 Å². The van der Waals surface area contributed by atoms with Crippen LogP contribution in [0.25, 0.3) is 0 Å². The first kappa shape index (κ1) is 14.0. The van der Waals surface area contributed by atoms with Crippen LogP contribution in [0.5, 0.6) is 0 Å². The Bertz CT molecular complexity index is 573. The molecule has 0 aromatic heterocycles. The van der Waals surface area contributed by atoms with Gasteiger partial charge in [0.05, 0.1) is 12.0 Å². The zero-order valence-corrected chi connectivity index (χ0v) is 11.5. The first-order valence-electron chi connectivity index (χ1n) is 6.72. The second-order valence-electron chi connectivity index (χ2n) is 5.74. The molecular weight excluding hydrogens is 284 g/mol. The van der Waals surface area contributed by atoms with E-state index in [1.54, 1.807) is 6.92 Å². The Morgan fingerprint density at radius 3 is 2.67 bits per heavy atom. The van der Waals surface area contributed by atoms with E-state index in [0.717, 1.165) is 0 Å². The summed E-state index contributed by atoms with van der Waals surface area (Å²) in [4.78, 5) is 25.1. The highest BCUT2D eigenvalue weighted by molar-refractivity contribution is 6.18. The first-order chi connectivity index (χ1) is 9.84. The van der Waals surface area contributed by atoms with Crippen molar-refractivity contribution in [3.05, 3.63) is 23.7 Å². The van der Waals surface area contributed by atoms with Crippen molar-refractivity contribution in [1.29, 1.82) is 0 Å². The van der Waals surface area contributed by atoms with E-state index in [2.05, 4.69) is 0 Å². The number of Topliss-reactive ketones (excluding diaryl/α,β-unsaturated/α-hetero) is 1. The topological polar surface area (TPSA) is 66.8 Å². The van der Waals surface area contributed by atoms with E-state index < -0.39 is 53.7 Å². The van der Waals surface area contributed by atoms with Crippen molar-refractivity contribution in [3.63, 3.8) is 0 Å². The van der Waals surface area contributed by atoms with Crippen molar-refractivity contribution in [2.45, 2.75) is 38.3 Å². The zero-order chi connectivity index (χ0) is 15.5. The Labute approximate surface area is 119 Å². The lowest BCUT2D eigenvalue weighted by molar-refractivity contribution is -0.151. The van der Waals surface area contributed by atoms with Crippen LogP contribution in [0.4, 0.5) is 8.78 Å². The number of carbonyl (C=O) groups excluding carboxylic acids is 1. The Morgan fingerprint density at radius 2 is 2.05 bits per heavy atom. The maximum Gasteiger partial charge on any atom is 0.340 e. The van der Waals surface area contributed by atoms with Crippen LogP contribution in [0.15, 0.2) is 23.7 Å². The van der Waals surface area contributed by atoms with Gasteiger partial charge >= 0.3 is 5.97 Å². The monoisotopic (exact) mass is 299 g/mol. The number of hydrogen-bond acceptors (Lipinski definition) is 4. The van der Waals surface area contributed by atoms with Gasteiger partial charge in [-0.3, -0.25) is 4.79 Å². The van der Waals surface area contributed by atoms with E-state index in [4.69, 9.17) is 9.84 Å². The summed E-state index contributed by atoms with van der Waals surface area (Å²) in [5.74, 6) is -3.86. The van der Waals surface area contributed by atoms with Gasteiger partial charge in [0.2, 0.25) is 0 Å². The number of ketones is 1. The molecule has 2 aliphatic heterocycles. The number of alkyl halides is 2. The average molecular weight is 299 g/mol. The number of hydrogen-bond donors (Lipinski definition) is 1. The SMILES string of the molecule is CC1=COC2C(F)C(F)C(C)C3C(=O)C(C(=O)O)=CN1C23. The standard InChI is InChI=1S/C14H15F2NO4/c1-5-4-21-13-10(16)9(15)6(2)8-11(13)17(5)3-7(12(8)18)14(19)20/h3-4,6,8-11,13H,1-2H3,(H,19,20). The summed E-state index contributed by atoms with van der Waals surface area (Å²) < 4.78 is 33.5. The first-order valence-corrected chi connectivity index (χ1v) is 6.72. The Hall–Kier alpha value is -1.92. The third-order valence-electron chi connectivity index (χ3n) is 4.58. The van der Waals surface area contributed by atoms with Crippen LogP contribution in [-0.2, 0) is 14.3 Å². The Balaban J connectivity index is 2.15. The van der Waals surface area contributed by atoms with Crippen molar-refractivity contribution in [2.24, 2.45) is 11.8 Å².